The monoisotopic (exact) mass is 477 g/mol. The fourth-order valence-electron chi connectivity index (χ4n) is 4.65. The molecule has 1 aliphatic carbocycles. The van der Waals surface area contributed by atoms with E-state index in [1.165, 1.54) is 12.1 Å². The minimum absolute atomic E-state index is 0.0242. The Morgan fingerprint density at radius 2 is 1.88 bits per heavy atom. The van der Waals surface area contributed by atoms with Crippen molar-refractivity contribution < 1.29 is 22.3 Å². The number of sulfone groups is 1. The van der Waals surface area contributed by atoms with E-state index in [-0.39, 0.29) is 17.3 Å². The Hall–Kier alpha value is -2.10. The predicted molar refractivity (Wildman–Crippen MR) is 123 cm³/mol. The highest BCUT2D eigenvalue weighted by molar-refractivity contribution is 7.91. The molecule has 180 valence electrons. The van der Waals surface area contributed by atoms with Gasteiger partial charge in [0.15, 0.2) is 9.84 Å². The molecule has 0 radical (unpaired) electrons. The van der Waals surface area contributed by atoms with Gasteiger partial charge in [-0.25, -0.2) is 22.8 Å². The summed E-state index contributed by atoms with van der Waals surface area (Å²) in [6, 6.07) is 4.07. The first-order chi connectivity index (χ1) is 15.9. The second-order valence-corrected chi connectivity index (χ2v) is 11.3. The van der Waals surface area contributed by atoms with Crippen molar-refractivity contribution in [2.24, 2.45) is 17.8 Å². The smallest absolute Gasteiger partial charge is 0.225 e. The molecule has 9 heteroatoms. The van der Waals surface area contributed by atoms with Crippen molar-refractivity contribution in [3.63, 3.8) is 0 Å². The van der Waals surface area contributed by atoms with E-state index < -0.39 is 15.7 Å². The lowest BCUT2D eigenvalue weighted by Crippen LogP contribution is -2.35. The molecule has 7 nitrogen and oxygen atoms in total. The minimum atomic E-state index is -3.40. The molecule has 1 aliphatic heterocycles. The van der Waals surface area contributed by atoms with Crippen LogP contribution in [0, 0.1) is 23.6 Å². The zero-order valence-electron chi connectivity index (χ0n) is 19.2. The van der Waals surface area contributed by atoms with Gasteiger partial charge in [-0.15, -0.1) is 0 Å². The second-order valence-electron chi connectivity index (χ2n) is 8.98. The summed E-state index contributed by atoms with van der Waals surface area (Å²) in [4.78, 5) is 11.2. The Morgan fingerprint density at radius 1 is 1.15 bits per heavy atom. The first kappa shape index (κ1) is 24.0. The number of benzene rings is 1. The Bertz CT molecular complexity index is 1040. The van der Waals surface area contributed by atoms with Crippen molar-refractivity contribution in [1.29, 1.82) is 0 Å². The van der Waals surface area contributed by atoms with Crippen LogP contribution in [0.4, 0.5) is 10.3 Å². The Morgan fingerprint density at radius 3 is 2.52 bits per heavy atom. The van der Waals surface area contributed by atoms with Gasteiger partial charge in [0.1, 0.15) is 5.82 Å². The summed E-state index contributed by atoms with van der Waals surface area (Å²) >= 11 is 0. The normalized spacial score (nSPS) is 21.4. The molecule has 0 spiro atoms. The van der Waals surface area contributed by atoms with Gasteiger partial charge in [-0.1, -0.05) is 13.0 Å². The van der Waals surface area contributed by atoms with Crippen molar-refractivity contribution >= 4 is 15.8 Å². The molecule has 2 aromatic rings. The van der Waals surface area contributed by atoms with E-state index in [0.717, 1.165) is 49.9 Å². The first-order valence-corrected chi connectivity index (χ1v) is 13.2. The molecule has 2 atom stereocenters. The van der Waals surface area contributed by atoms with Crippen molar-refractivity contribution in [2.75, 3.05) is 37.5 Å². The fraction of sp³-hybridized carbons (Fsp3) is 0.583. The van der Waals surface area contributed by atoms with Crippen molar-refractivity contribution in [2.45, 2.75) is 44.3 Å². The maximum absolute atomic E-state index is 14.3. The Kier molecular flexibility index (Phi) is 7.61. The van der Waals surface area contributed by atoms with Gasteiger partial charge in [-0.3, -0.25) is 0 Å². The molecule has 0 amide bonds. The number of anilines is 1. The lowest BCUT2D eigenvalue weighted by Gasteiger charge is -2.32. The molecule has 2 aliphatic rings. The number of halogens is 1. The van der Waals surface area contributed by atoms with E-state index in [2.05, 4.69) is 14.9 Å². The maximum Gasteiger partial charge on any atom is 0.225 e. The predicted octanol–water partition coefficient (Wildman–Crippen LogP) is 3.63. The van der Waals surface area contributed by atoms with Crippen LogP contribution in [0.2, 0.25) is 0 Å². The van der Waals surface area contributed by atoms with E-state index >= 15 is 0 Å². The van der Waals surface area contributed by atoms with Gasteiger partial charge in [0.2, 0.25) is 5.95 Å². The molecule has 2 heterocycles. The zero-order valence-corrected chi connectivity index (χ0v) is 20.1. The van der Waals surface area contributed by atoms with Crippen LogP contribution in [0.25, 0.3) is 0 Å². The number of piperidine rings is 1. The van der Waals surface area contributed by atoms with Crippen LogP contribution in [0.3, 0.4) is 0 Å². The molecule has 0 bridgehead atoms. The number of rotatable bonds is 10. The molecule has 2 fully saturated rings. The molecule has 1 saturated carbocycles. The summed E-state index contributed by atoms with van der Waals surface area (Å²) in [5.41, 5.74) is 1.37. The lowest BCUT2D eigenvalue weighted by molar-refractivity contribution is 0.102. The number of aromatic nitrogens is 2. The molecule has 33 heavy (non-hydrogen) atoms. The third-order valence-electron chi connectivity index (χ3n) is 6.76. The Balaban J connectivity index is 1.19. The largest absolute Gasteiger partial charge is 0.380 e. The number of methoxy groups -OCH3 is 1. The average molecular weight is 478 g/mol. The van der Waals surface area contributed by atoms with Gasteiger partial charge in [0, 0.05) is 43.7 Å². The van der Waals surface area contributed by atoms with Crippen molar-refractivity contribution in [1.82, 2.24) is 9.97 Å². The van der Waals surface area contributed by atoms with E-state index in [9.17, 15) is 12.8 Å². The number of nitrogens with zero attached hydrogens (tertiary/aromatic N) is 3. The highest BCUT2D eigenvalue weighted by Gasteiger charge is 2.43. The van der Waals surface area contributed by atoms with Crippen LogP contribution in [0.1, 0.15) is 37.3 Å². The second kappa shape index (κ2) is 10.4. The van der Waals surface area contributed by atoms with E-state index in [0.29, 0.717) is 36.5 Å². The van der Waals surface area contributed by atoms with Gasteiger partial charge in [0.25, 0.3) is 0 Å². The molecule has 4 rings (SSSR count). The van der Waals surface area contributed by atoms with E-state index in [1.54, 1.807) is 14.0 Å². The van der Waals surface area contributed by atoms with Gasteiger partial charge in [0.05, 0.1) is 30.5 Å². The van der Waals surface area contributed by atoms with Crippen LogP contribution in [0.15, 0.2) is 35.5 Å². The summed E-state index contributed by atoms with van der Waals surface area (Å²) in [6.45, 7) is 4.76. The third kappa shape index (κ3) is 5.88. The average Bonchev–Trinajstić information content (AvgIpc) is 3.60. The van der Waals surface area contributed by atoms with Crippen LogP contribution < -0.4 is 4.90 Å². The summed E-state index contributed by atoms with van der Waals surface area (Å²) in [7, 11) is -1.75. The first-order valence-electron chi connectivity index (χ1n) is 11.5. The summed E-state index contributed by atoms with van der Waals surface area (Å²) in [6.07, 6.45) is 7.04. The van der Waals surface area contributed by atoms with Crippen LogP contribution >= 0.6 is 0 Å². The minimum Gasteiger partial charge on any atom is -0.380 e. The molecule has 0 unspecified atom stereocenters. The van der Waals surface area contributed by atoms with E-state index in [1.807, 2.05) is 12.4 Å². The highest BCUT2D eigenvalue weighted by atomic mass is 32.2. The van der Waals surface area contributed by atoms with Gasteiger partial charge in [-0.2, -0.15) is 0 Å². The standard InChI is InChI=1S/C24H32FN3O4S/c1-3-33(29,30)21-5-4-19(23(25)11-21)15-32-16-20-10-22(20)18-6-8-28(9-7-18)24-26-12-17(13-27-24)14-31-2/h4-5,11-13,18,20,22H,3,6-10,14-16H2,1-2H3/t20-,22+/m0/s1. The summed E-state index contributed by atoms with van der Waals surface area (Å²) in [5, 5.41) is 0. The van der Waals surface area contributed by atoms with Gasteiger partial charge < -0.3 is 14.4 Å². The van der Waals surface area contributed by atoms with Crippen LogP contribution in [-0.2, 0) is 32.5 Å². The van der Waals surface area contributed by atoms with Crippen molar-refractivity contribution in [3.05, 3.63) is 47.5 Å². The van der Waals surface area contributed by atoms with Crippen LogP contribution in [0.5, 0.6) is 0 Å². The summed E-state index contributed by atoms with van der Waals surface area (Å²) in [5.74, 6) is 2.08. The molecule has 0 N–H and O–H groups in total. The fourth-order valence-corrected chi connectivity index (χ4v) is 5.54. The highest BCUT2D eigenvalue weighted by Crippen LogP contribution is 2.48. The Labute approximate surface area is 195 Å². The topological polar surface area (TPSA) is 81.6 Å². The van der Waals surface area contributed by atoms with Gasteiger partial charge in [-0.05, 0) is 49.1 Å². The quantitative estimate of drug-likeness (QED) is 0.517. The molecule has 1 saturated heterocycles. The number of hydrogen-bond donors (Lipinski definition) is 0. The lowest BCUT2D eigenvalue weighted by atomic mass is 9.91. The molecular weight excluding hydrogens is 445 g/mol. The summed E-state index contributed by atoms with van der Waals surface area (Å²) < 4.78 is 49.0. The third-order valence-corrected chi connectivity index (χ3v) is 8.49. The number of hydrogen-bond acceptors (Lipinski definition) is 7. The van der Waals surface area contributed by atoms with Crippen LogP contribution in [-0.4, -0.2) is 50.9 Å². The molecule has 1 aromatic heterocycles. The van der Waals surface area contributed by atoms with E-state index in [4.69, 9.17) is 9.47 Å². The molecular formula is C24H32FN3O4S. The van der Waals surface area contributed by atoms with Crippen molar-refractivity contribution in [3.8, 4) is 0 Å². The zero-order chi connectivity index (χ0) is 23.4. The maximum atomic E-state index is 14.3. The number of ether oxygens (including phenoxy) is 2. The molecule has 1 aromatic carbocycles. The SMILES string of the molecule is CCS(=O)(=O)c1ccc(COC[C@@H]2C[C@@H]2C2CCN(c3ncc(COC)cn3)CC2)c(F)c1. The van der Waals surface area contributed by atoms with Gasteiger partial charge >= 0.3 is 0 Å².